The van der Waals surface area contributed by atoms with Crippen molar-refractivity contribution in [3.63, 3.8) is 0 Å². The lowest BCUT2D eigenvalue weighted by atomic mass is 10.0. The Labute approximate surface area is 79.2 Å². The fourth-order valence-corrected chi connectivity index (χ4v) is 1.43. The molecule has 76 valence electrons. The SMILES string of the molecule is OC(c1cc(F)c(F)cc1F)C1CC1. The number of hydrogen-bond acceptors (Lipinski definition) is 1. The van der Waals surface area contributed by atoms with Gasteiger partial charge in [-0.15, -0.1) is 0 Å². The topological polar surface area (TPSA) is 20.2 Å². The lowest BCUT2D eigenvalue weighted by molar-refractivity contribution is 0.148. The van der Waals surface area contributed by atoms with Gasteiger partial charge in [0.15, 0.2) is 11.6 Å². The molecule has 1 fully saturated rings. The van der Waals surface area contributed by atoms with Gasteiger partial charge in [0.05, 0.1) is 6.10 Å². The minimum atomic E-state index is -1.23. The van der Waals surface area contributed by atoms with Gasteiger partial charge in [0.1, 0.15) is 5.82 Å². The van der Waals surface area contributed by atoms with E-state index in [1.54, 1.807) is 0 Å². The minimum absolute atomic E-state index is 0.00522. The summed E-state index contributed by atoms with van der Waals surface area (Å²) >= 11 is 0. The van der Waals surface area contributed by atoms with Crippen LogP contribution in [0.2, 0.25) is 0 Å². The monoisotopic (exact) mass is 202 g/mol. The van der Waals surface area contributed by atoms with Gasteiger partial charge < -0.3 is 5.11 Å². The van der Waals surface area contributed by atoms with Crippen LogP contribution in [-0.2, 0) is 0 Å². The molecule has 0 aliphatic heterocycles. The van der Waals surface area contributed by atoms with Gasteiger partial charge in [-0.05, 0) is 24.8 Å². The fourth-order valence-electron chi connectivity index (χ4n) is 1.43. The zero-order valence-corrected chi connectivity index (χ0v) is 7.30. The quantitative estimate of drug-likeness (QED) is 0.730. The molecule has 0 aromatic heterocycles. The molecule has 1 aliphatic rings. The highest BCUT2D eigenvalue weighted by molar-refractivity contribution is 5.23. The smallest absolute Gasteiger partial charge is 0.161 e. The van der Waals surface area contributed by atoms with Crippen molar-refractivity contribution in [2.75, 3.05) is 0 Å². The molecule has 1 saturated carbocycles. The van der Waals surface area contributed by atoms with Crippen molar-refractivity contribution in [3.05, 3.63) is 35.1 Å². The summed E-state index contributed by atoms with van der Waals surface area (Å²) in [5.74, 6) is -3.24. The van der Waals surface area contributed by atoms with E-state index in [9.17, 15) is 18.3 Å². The van der Waals surface area contributed by atoms with Crippen LogP contribution in [-0.4, -0.2) is 5.11 Å². The largest absolute Gasteiger partial charge is 0.388 e. The summed E-state index contributed by atoms with van der Waals surface area (Å²) in [4.78, 5) is 0. The molecular weight excluding hydrogens is 193 g/mol. The van der Waals surface area contributed by atoms with E-state index in [0.29, 0.717) is 6.07 Å². The second-order valence-electron chi connectivity index (χ2n) is 3.57. The van der Waals surface area contributed by atoms with E-state index in [0.717, 1.165) is 18.9 Å². The second-order valence-corrected chi connectivity index (χ2v) is 3.57. The third-order valence-corrected chi connectivity index (χ3v) is 2.43. The predicted molar refractivity (Wildman–Crippen MR) is 44.0 cm³/mol. The summed E-state index contributed by atoms with van der Waals surface area (Å²) in [6, 6.07) is 1.20. The van der Waals surface area contributed by atoms with Crippen molar-refractivity contribution in [1.29, 1.82) is 0 Å². The molecule has 0 spiro atoms. The lowest BCUT2D eigenvalue weighted by Crippen LogP contribution is -2.04. The van der Waals surface area contributed by atoms with E-state index in [-0.39, 0.29) is 11.5 Å². The molecule has 1 aliphatic carbocycles. The van der Waals surface area contributed by atoms with Crippen molar-refractivity contribution in [2.45, 2.75) is 18.9 Å². The molecule has 1 aromatic carbocycles. The molecule has 1 N–H and O–H groups in total. The normalized spacial score (nSPS) is 18.3. The number of aliphatic hydroxyl groups is 1. The standard InChI is InChI=1S/C10H9F3O/c11-7-4-9(13)8(12)3-6(7)10(14)5-1-2-5/h3-5,10,14H,1-2H2. The molecule has 1 unspecified atom stereocenters. The Morgan fingerprint density at radius 1 is 1.07 bits per heavy atom. The molecule has 2 rings (SSSR count). The molecule has 0 radical (unpaired) electrons. The maximum absolute atomic E-state index is 13.1. The summed E-state index contributed by atoms with van der Waals surface area (Å²) in [6.07, 6.45) is 0.601. The average molecular weight is 202 g/mol. The van der Waals surface area contributed by atoms with Gasteiger partial charge in [-0.25, -0.2) is 13.2 Å². The van der Waals surface area contributed by atoms with Crippen LogP contribution in [0.3, 0.4) is 0 Å². The Morgan fingerprint density at radius 3 is 2.21 bits per heavy atom. The van der Waals surface area contributed by atoms with Gasteiger partial charge in [-0.2, -0.15) is 0 Å². The Bertz CT molecular complexity index is 361. The molecule has 0 saturated heterocycles. The molecule has 4 heteroatoms. The van der Waals surface area contributed by atoms with Gasteiger partial charge in [0.2, 0.25) is 0 Å². The highest BCUT2D eigenvalue weighted by atomic mass is 19.2. The number of benzene rings is 1. The zero-order chi connectivity index (χ0) is 10.3. The van der Waals surface area contributed by atoms with E-state index in [4.69, 9.17) is 0 Å². The van der Waals surface area contributed by atoms with E-state index >= 15 is 0 Å². The number of halogens is 3. The first kappa shape index (κ1) is 9.52. The second kappa shape index (κ2) is 3.28. The van der Waals surface area contributed by atoms with Crippen LogP contribution in [0.4, 0.5) is 13.2 Å². The Balaban J connectivity index is 2.36. The maximum Gasteiger partial charge on any atom is 0.161 e. The van der Waals surface area contributed by atoms with Crippen molar-refractivity contribution in [3.8, 4) is 0 Å². The third kappa shape index (κ3) is 1.62. The number of aliphatic hydroxyl groups excluding tert-OH is 1. The van der Waals surface area contributed by atoms with Gasteiger partial charge in [-0.1, -0.05) is 0 Å². The summed E-state index contributed by atoms with van der Waals surface area (Å²) in [5.41, 5.74) is -0.147. The van der Waals surface area contributed by atoms with Crippen LogP contribution in [0.1, 0.15) is 24.5 Å². The van der Waals surface area contributed by atoms with E-state index in [1.165, 1.54) is 0 Å². The number of rotatable bonds is 2. The zero-order valence-electron chi connectivity index (χ0n) is 7.30. The van der Waals surface area contributed by atoms with E-state index in [2.05, 4.69) is 0 Å². The van der Waals surface area contributed by atoms with Crippen molar-refractivity contribution in [1.82, 2.24) is 0 Å². The van der Waals surface area contributed by atoms with E-state index < -0.39 is 23.6 Å². The Morgan fingerprint density at radius 2 is 1.64 bits per heavy atom. The van der Waals surface area contributed by atoms with Gasteiger partial charge in [0, 0.05) is 11.6 Å². The highest BCUT2D eigenvalue weighted by Gasteiger charge is 2.32. The Hall–Kier alpha value is -1.03. The first-order chi connectivity index (χ1) is 6.59. The average Bonchev–Trinajstić information content (AvgIpc) is 2.93. The first-order valence-corrected chi connectivity index (χ1v) is 4.42. The van der Waals surface area contributed by atoms with E-state index in [1.807, 2.05) is 0 Å². The molecule has 1 aromatic rings. The predicted octanol–water partition coefficient (Wildman–Crippen LogP) is 2.55. The van der Waals surface area contributed by atoms with Crippen LogP contribution >= 0.6 is 0 Å². The van der Waals surface area contributed by atoms with Gasteiger partial charge >= 0.3 is 0 Å². The maximum atomic E-state index is 13.1. The van der Waals surface area contributed by atoms with Gasteiger partial charge in [0.25, 0.3) is 0 Å². The molecule has 14 heavy (non-hydrogen) atoms. The van der Waals surface area contributed by atoms with Crippen LogP contribution < -0.4 is 0 Å². The molecule has 0 amide bonds. The first-order valence-electron chi connectivity index (χ1n) is 4.42. The molecule has 0 heterocycles. The number of hydrogen-bond donors (Lipinski definition) is 1. The van der Waals surface area contributed by atoms with Crippen LogP contribution in [0, 0.1) is 23.4 Å². The third-order valence-electron chi connectivity index (χ3n) is 2.43. The Kier molecular flexibility index (Phi) is 2.23. The molecule has 1 atom stereocenters. The highest BCUT2D eigenvalue weighted by Crippen LogP contribution is 2.41. The van der Waals surface area contributed by atoms with Crippen molar-refractivity contribution in [2.24, 2.45) is 5.92 Å². The molecule has 0 bridgehead atoms. The lowest BCUT2D eigenvalue weighted by Gasteiger charge is -2.10. The van der Waals surface area contributed by atoms with Crippen LogP contribution in [0.15, 0.2) is 12.1 Å². The fraction of sp³-hybridized carbons (Fsp3) is 0.400. The summed E-state index contributed by atoms with van der Waals surface area (Å²) in [6.45, 7) is 0. The summed E-state index contributed by atoms with van der Waals surface area (Å²) < 4.78 is 38.4. The van der Waals surface area contributed by atoms with Crippen LogP contribution in [0.25, 0.3) is 0 Å². The van der Waals surface area contributed by atoms with Gasteiger partial charge in [-0.3, -0.25) is 0 Å². The summed E-state index contributed by atoms with van der Waals surface area (Å²) in [5, 5.41) is 9.53. The molecule has 1 nitrogen and oxygen atoms in total. The van der Waals surface area contributed by atoms with Crippen molar-refractivity contribution >= 4 is 0 Å². The van der Waals surface area contributed by atoms with Crippen molar-refractivity contribution < 1.29 is 18.3 Å². The molecular formula is C10H9F3O. The summed E-state index contributed by atoms with van der Waals surface area (Å²) in [7, 11) is 0. The van der Waals surface area contributed by atoms with Crippen LogP contribution in [0.5, 0.6) is 0 Å². The minimum Gasteiger partial charge on any atom is -0.388 e.